The maximum absolute atomic E-state index is 13.3. The van der Waals surface area contributed by atoms with Crippen LogP contribution in [0.2, 0.25) is 0 Å². The zero-order valence-electron chi connectivity index (χ0n) is 17.9. The molecule has 0 aromatic heterocycles. The zero-order chi connectivity index (χ0) is 21.4. The first-order chi connectivity index (χ1) is 14.4. The summed E-state index contributed by atoms with van der Waals surface area (Å²) in [6.45, 7) is 1.15. The van der Waals surface area contributed by atoms with Crippen molar-refractivity contribution in [2.75, 3.05) is 27.3 Å². The molecule has 3 aliphatic rings. The van der Waals surface area contributed by atoms with Crippen LogP contribution in [0.15, 0.2) is 18.2 Å². The summed E-state index contributed by atoms with van der Waals surface area (Å²) in [5, 5.41) is 2.83. The Hall–Kier alpha value is -1.80. The first-order valence-corrected chi connectivity index (χ1v) is 12.4. The maximum atomic E-state index is 13.3. The second-order valence-corrected chi connectivity index (χ2v) is 11.1. The molecule has 1 aromatic carbocycles. The van der Waals surface area contributed by atoms with E-state index in [-0.39, 0.29) is 22.5 Å². The van der Waals surface area contributed by atoms with Crippen LogP contribution in [0, 0.1) is 11.3 Å². The van der Waals surface area contributed by atoms with E-state index in [9.17, 15) is 13.2 Å². The molecule has 8 heteroatoms. The van der Waals surface area contributed by atoms with Crippen LogP contribution in [-0.4, -0.2) is 51.2 Å². The Labute approximate surface area is 179 Å². The number of amides is 1. The van der Waals surface area contributed by atoms with Crippen LogP contribution in [0.1, 0.15) is 50.5 Å². The molecular formula is C22H32N2O5S. The number of nitrogens with zero attached hydrogens (tertiary/aromatic N) is 1. The van der Waals surface area contributed by atoms with Crippen molar-refractivity contribution in [1.29, 1.82) is 0 Å². The van der Waals surface area contributed by atoms with Gasteiger partial charge in [0, 0.05) is 31.3 Å². The molecule has 0 radical (unpaired) electrons. The van der Waals surface area contributed by atoms with E-state index < -0.39 is 10.0 Å². The van der Waals surface area contributed by atoms with Gasteiger partial charge in [0.2, 0.25) is 15.9 Å². The normalized spacial score (nSPS) is 24.0. The minimum Gasteiger partial charge on any atom is -0.497 e. The van der Waals surface area contributed by atoms with Crippen molar-refractivity contribution >= 4 is 15.9 Å². The van der Waals surface area contributed by atoms with Gasteiger partial charge in [-0.1, -0.05) is 19.3 Å². The fraction of sp³-hybridized carbons (Fsp3) is 0.682. The van der Waals surface area contributed by atoms with Gasteiger partial charge in [-0.05, 0) is 43.2 Å². The number of benzene rings is 1. The summed E-state index contributed by atoms with van der Waals surface area (Å²) < 4.78 is 38.0. The van der Waals surface area contributed by atoms with E-state index in [1.165, 1.54) is 0 Å². The second kappa shape index (κ2) is 8.38. The Balaban J connectivity index is 1.50. The maximum Gasteiger partial charge on any atom is 0.225 e. The molecule has 30 heavy (non-hydrogen) atoms. The fourth-order valence-electron chi connectivity index (χ4n) is 5.12. The summed E-state index contributed by atoms with van der Waals surface area (Å²) >= 11 is 0. The van der Waals surface area contributed by atoms with Gasteiger partial charge in [0.25, 0.3) is 0 Å². The van der Waals surface area contributed by atoms with Gasteiger partial charge in [-0.2, -0.15) is 0 Å². The van der Waals surface area contributed by atoms with Crippen LogP contribution >= 0.6 is 0 Å². The molecule has 1 N–H and O–H groups in total. The van der Waals surface area contributed by atoms with Gasteiger partial charge in [0.15, 0.2) is 0 Å². The SMILES string of the molecule is COc1ccc(CNC(=O)C2CN(S(=O)(=O)C3CC3)CC23CCCCC3)c(OC)c1. The summed E-state index contributed by atoms with van der Waals surface area (Å²) in [6.07, 6.45) is 6.64. The van der Waals surface area contributed by atoms with Gasteiger partial charge < -0.3 is 14.8 Å². The lowest BCUT2D eigenvalue weighted by Crippen LogP contribution is -2.42. The molecule has 1 heterocycles. The van der Waals surface area contributed by atoms with Crippen LogP contribution in [0.4, 0.5) is 0 Å². The van der Waals surface area contributed by atoms with Gasteiger partial charge in [0.1, 0.15) is 11.5 Å². The lowest BCUT2D eigenvalue weighted by Gasteiger charge is -2.37. The molecule has 2 saturated carbocycles. The molecule has 0 bridgehead atoms. The van der Waals surface area contributed by atoms with E-state index in [1.54, 1.807) is 24.6 Å². The standard InChI is InChI=1S/C22H32N2O5S/c1-28-17-7-6-16(20(12-17)29-2)13-23-21(25)19-14-24(30(26,27)18-8-9-18)15-22(19)10-4-3-5-11-22/h6-7,12,18-19H,3-5,8-11,13-15H2,1-2H3,(H,23,25). The Kier molecular flexibility index (Phi) is 5.99. The van der Waals surface area contributed by atoms with E-state index in [0.717, 1.165) is 50.5 Å². The number of nitrogens with one attached hydrogen (secondary N) is 1. The highest BCUT2D eigenvalue weighted by atomic mass is 32.2. The average Bonchev–Trinajstić information content (AvgIpc) is 3.56. The third kappa shape index (κ3) is 4.04. The van der Waals surface area contributed by atoms with Crippen LogP contribution in [0.3, 0.4) is 0 Å². The molecule has 1 aromatic rings. The third-order valence-electron chi connectivity index (χ3n) is 7.04. The minimum atomic E-state index is -3.27. The van der Waals surface area contributed by atoms with Crippen molar-refractivity contribution in [3.05, 3.63) is 23.8 Å². The summed E-state index contributed by atoms with van der Waals surface area (Å²) in [4.78, 5) is 13.3. The van der Waals surface area contributed by atoms with Crippen LogP contribution in [-0.2, 0) is 21.4 Å². The van der Waals surface area contributed by atoms with Crippen molar-refractivity contribution in [3.63, 3.8) is 0 Å². The van der Waals surface area contributed by atoms with Crippen molar-refractivity contribution in [2.24, 2.45) is 11.3 Å². The molecule has 3 fully saturated rings. The van der Waals surface area contributed by atoms with Gasteiger partial charge >= 0.3 is 0 Å². The van der Waals surface area contributed by atoms with Crippen LogP contribution in [0.5, 0.6) is 11.5 Å². The number of methoxy groups -OCH3 is 2. The minimum absolute atomic E-state index is 0.0525. The van der Waals surface area contributed by atoms with Crippen molar-refractivity contribution in [2.45, 2.75) is 56.7 Å². The number of ether oxygens (including phenoxy) is 2. The Bertz CT molecular complexity index is 891. The number of hydrogen-bond donors (Lipinski definition) is 1. The number of sulfonamides is 1. The molecule has 1 atom stereocenters. The molecular weight excluding hydrogens is 404 g/mol. The van der Waals surface area contributed by atoms with Gasteiger partial charge in [0.05, 0.1) is 25.4 Å². The number of rotatable bonds is 7. The predicted molar refractivity (Wildman–Crippen MR) is 114 cm³/mol. The zero-order valence-corrected chi connectivity index (χ0v) is 18.7. The number of hydrogen-bond acceptors (Lipinski definition) is 5. The van der Waals surface area contributed by atoms with Crippen LogP contribution < -0.4 is 14.8 Å². The van der Waals surface area contributed by atoms with E-state index >= 15 is 0 Å². The molecule has 1 saturated heterocycles. The Morgan fingerprint density at radius 2 is 1.90 bits per heavy atom. The topological polar surface area (TPSA) is 84.9 Å². The lowest BCUT2D eigenvalue weighted by atomic mass is 9.67. The first kappa shape index (κ1) is 21.4. The largest absolute Gasteiger partial charge is 0.497 e. The van der Waals surface area contributed by atoms with Crippen molar-refractivity contribution in [3.8, 4) is 11.5 Å². The molecule has 1 spiro atoms. The molecule has 1 unspecified atom stereocenters. The monoisotopic (exact) mass is 436 g/mol. The molecule has 1 amide bonds. The number of carbonyl (C=O) groups excluding carboxylic acids is 1. The molecule has 2 aliphatic carbocycles. The average molecular weight is 437 g/mol. The summed E-state index contributed by atoms with van der Waals surface area (Å²) in [6, 6.07) is 5.52. The predicted octanol–water partition coefficient (Wildman–Crippen LogP) is 2.69. The molecule has 4 rings (SSSR count). The summed E-state index contributed by atoms with van der Waals surface area (Å²) in [5.74, 6) is 1.00. The van der Waals surface area contributed by atoms with Gasteiger partial charge in [-0.15, -0.1) is 0 Å². The molecule has 166 valence electrons. The van der Waals surface area contributed by atoms with Crippen LogP contribution in [0.25, 0.3) is 0 Å². The number of carbonyl (C=O) groups is 1. The van der Waals surface area contributed by atoms with E-state index in [0.29, 0.717) is 31.1 Å². The quantitative estimate of drug-likeness (QED) is 0.710. The molecule has 7 nitrogen and oxygen atoms in total. The smallest absolute Gasteiger partial charge is 0.225 e. The fourth-order valence-corrected chi connectivity index (χ4v) is 7.07. The van der Waals surface area contributed by atoms with Gasteiger partial charge in [-0.3, -0.25) is 4.79 Å². The highest BCUT2D eigenvalue weighted by Gasteiger charge is 2.55. The highest BCUT2D eigenvalue weighted by Crippen LogP contribution is 2.49. The molecule has 1 aliphatic heterocycles. The van der Waals surface area contributed by atoms with E-state index in [1.807, 2.05) is 12.1 Å². The Morgan fingerprint density at radius 3 is 2.53 bits per heavy atom. The summed E-state index contributed by atoms with van der Waals surface area (Å²) in [5.41, 5.74) is 0.638. The van der Waals surface area contributed by atoms with E-state index in [2.05, 4.69) is 5.32 Å². The second-order valence-electron chi connectivity index (χ2n) is 8.91. The summed E-state index contributed by atoms with van der Waals surface area (Å²) in [7, 11) is -0.0828. The highest BCUT2D eigenvalue weighted by molar-refractivity contribution is 7.90. The van der Waals surface area contributed by atoms with Gasteiger partial charge in [-0.25, -0.2) is 12.7 Å². The first-order valence-electron chi connectivity index (χ1n) is 10.9. The van der Waals surface area contributed by atoms with Crippen molar-refractivity contribution < 1.29 is 22.7 Å². The Morgan fingerprint density at radius 1 is 1.17 bits per heavy atom. The van der Waals surface area contributed by atoms with E-state index in [4.69, 9.17) is 9.47 Å². The third-order valence-corrected chi connectivity index (χ3v) is 9.35. The lowest BCUT2D eigenvalue weighted by molar-refractivity contribution is -0.128. The van der Waals surface area contributed by atoms with Crippen molar-refractivity contribution in [1.82, 2.24) is 9.62 Å².